The van der Waals surface area contributed by atoms with Gasteiger partial charge in [-0.15, -0.1) is 0 Å². The fourth-order valence-corrected chi connectivity index (χ4v) is 13.2. The Hall–Kier alpha value is -7.52. The molecule has 2 amide bonds. The van der Waals surface area contributed by atoms with Crippen LogP contribution in [0.25, 0.3) is 0 Å². The molecule has 8 atom stereocenters. The van der Waals surface area contributed by atoms with E-state index >= 15 is 0 Å². The summed E-state index contributed by atoms with van der Waals surface area (Å²) in [5, 5.41) is 12.8. The molecule has 0 heterocycles. The van der Waals surface area contributed by atoms with Gasteiger partial charge in [0.05, 0.1) is 12.0 Å². The Morgan fingerprint density at radius 3 is 1.09 bits per heavy atom. The van der Waals surface area contributed by atoms with Crippen molar-refractivity contribution < 1.29 is 95.4 Å². The molecule has 5 saturated carbocycles. The molecular formula is C66H100N4O20. The molecule has 504 valence electrons. The van der Waals surface area contributed by atoms with Crippen molar-refractivity contribution in [2.75, 3.05) is 79.0 Å². The summed E-state index contributed by atoms with van der Waals surface area (Å²) in [6.45, 7) is 37.4. The maximum atomic E-state index is 12.9. The number of hydrogen-bond acceptors (Lipinski definition) is 22. The number of amides is 2. The second-order valence-electron chi connectivity index (χ2n) is 25.8. The highest BCUT2D eigenvalue weighted by Gasteiger charge is 2.50. The first kappa shape index (κ1) is 80.5. The van der Waals surface area contributed by atoms with E-state index in [2.05, 4.69) is 102 Å². The third kappa shape index (κ3) is 28.5. The Morgan fingerprint density at radius 1 is 0.456 bits per heavy atom. The van der Waals surface area contributed by atoms with Gasteiger partial charge >= 0.3 is 60.3 Å². The lowest BCUT2D eigenvalue weighted by Gasteiger charge is -2.49. The van der Waals surface area contributed by atoms with Gasteiger partial charge in [0.25, 0.3) is 0 Å². The van der Waals surface area contributed by atoms with E-state index in [1.165, 1.54) is 23.7 Å². The van der Waals surface area contributed by atoms with Crippen LogP contribution < -0.4 is 21.3 Å². The largest absolute Gasteiger partial charge is 0.462 e. The van der Waals surface area contributed by atoms with Crippen molar-refractivity contribution in [3.05, 3.63) is 75.9 Å². The number of esters is 6. The Labute approximate surface area is 530 Å². The molecule has 5 rings (SSSR count). The first-order chi connectivity index (χ1) is 42.5. The summed E-state index contributed by atoms with van der Waals surface area (Å²) >= 11 is 0. The van der Waals surface area contributed by atoms with Crippen LogP contribution in [0.4, 0.5) is 9.59 Å². The predicted molar refractivity (Wildman–Crippen MR) is 329 cm³/mol. The summed E-state index contributed by atoms with van der Waals surface area (Å²) in [4.78, 5) is 128. The van der Waals surface area contributed by atoms with Crippen molar-refractivity contribution in [2.45, 2.75) is 145 Å². The van der Waals surface area contributed by atoms with E-state index in [1.54, 1.807) is 45.4 Å². The Bertz CT molecular complexity index is 2350. The van der Waals surface area contributed by atoms with E-state index in [4.69, 9.17) is 57.1 Å². The monoisotopic (exact) mass is 1270 g/mol. The summed E-state index contributed by atoms with van der Waals surface area (Å²) in [5.74, 6) is 0.541. The molecule has 90 heavy (non-hydrogen) atoms. The lowest BCUT2D eigenvalue weighted by molar-refractivity contribution is -0.193. The van der Waals surface area contributed by atoms with Crippen LogP contribution in [0.2, 0.25) is 0 Å². The SMILES string of the molecule is C1CC2C3CCC(C3)C2C1.C=CC(=O)OCC(CNCC1(C)CC(C)(C)CCC1NC(=O)OCC)(COC(=O)C=C)COC(=O)C=C.C=CC(=O)OCC(COC(=O)C=C)(COC(=O)C=C)COC(=O)NC1CCC(C)(C)CC1(C)CNCC.O=C=O.O=C=O. The topological polar surface area (TPSA) is 327 Å². The molecule has 5 aliphatic carbocycles. The van der Waals surface area contributed by atoms with E-state index in [9.17, 15) is 38.4 Å². The van der Waals surface area contributed by atoms with Crippen LogP contribution in [-0.4, -0.2) is 151 Å². The number of fused-ring (bicyclic) bond motifs is 5. The van der Waals surface area contributed by atoms with Crippen LogP contribution >= 0.6 is 0 Å². The standard InChI is InChI=1S/2C27H42N2O8.C10H16.2CO2/c1-8-21(30)35-17-27(18-36-22(31)9-2,19-37-23(32)10-3)16-28-15-26(7)14-25(5,6)13-12-20(26)29-24(33)34-11-4;1-8-21(30)34-16-27(17-35-22(31)9-2,18-36-23(32)10-3)19-37-24(33)29-20-12-13-25(5,6)14-26(20,7)15-28-11-4;1-2-9-7-4-5-8(6-7)10(9)3-1;2*2-1-3/h2*8-10,20,28H,1-3,11-19H2,4-7H3,(H,29,33);7-10H,1-6H2;;. The number of alkyl carbamates (subject to hydrolysis) is 2. The van der Waals surface area contributed by atoms with Crippen LogP contribution in [0.15, 0.2) is 75.9 Å². The van der Waals surface area contributed by atoms with Gasteiger partial charge in [0.2, 0.25) is 0 Å². The average molecular weight is 1270 g/mol. The molecule has 0 radical (unpaired) electrons. The molecule has 0 aliphatic heterocycles. The molecular weight excluding hydrogens is 1170 g/mol. The Balaban J connectivity index is 0.000000716. The highest BCUT2D eigenvalue weighted by molar-refractivity contribution is 5.83. The van der Waals surface area contributed by atoms with Crippen molar-refractivity contribution in [1.82, 2.24) is 21.3 Å². The first-order valence-electron chi connectivity index (χ1n) is 30.5. The van der Waals surface area contributed by atoms with Gasteiger partial charge in [0.15, 0.2) is 0 Å². The molecule has 4 N–H and O–H groups in total. The zero-order chi connectivity index (χ0) is 68.2. The lowest BCUT2D eigenvalue weighted by Crippen LogP contribution is -2.57. The number of nitrogens with one attached hydrogen (secondary N) is 4. The van der Waals surface area contributed by atoms with Gasteiger partial charge in [-0.05, 0) is 119 Å². The third-order valence-electron chi connectivity index (χ3n) is 17.3. The zero-order valence-corrected chi connectivity index (χ0v) is 54.3. The van der Waals surface area contributed by atoms with Crippen LogP contribution in [0.5, 0.6) is 0 Å². The molecule has 2 bridgehead atoms. The molecule has 0 spiro atoms. The van der Waals surface area contributed by atoms with Crippen molar-refractivity contribution in [2.24, 2.45) is 56.2 Å². The van der Waals surface area contributed by atoms with Crippen molar-refractivity contribution in [3.8, 4) is 0 Å². The summed E-state index contributed by atoms with van der Waals surface area (Å²) in [7, 11) is 0. The van der Waals surface area contributed by atoms with Gasteiger partial charge in [0.1, 0.15) is 51.7 Å². The molecule has 5 fully saturated rings. The van der Waals surface area contributed by atoms with Gasteiger partial charge in [-0.2, -0.15) is 19.2 Å². The maximum Gasteiger partial charge on any atom is 0.407 e. The van der Waals surface area contributed by atoms with Gasteiger partial charge in [0, 0.05) is 79.0 Å². The number of ether oxygens (including phenoxy) is 8. The van der Waals surface area contributed by atoms with Crippen molar-refractivity contribution in [3.63, 3.8) is 0 Å². The molecule has 5 aliphatic rings. The minimum Gasteiger partial charge on any atom is -0.462 e. The summed E-state index contributed by atoms with van der Waals surface area (Å²) < 4.78 is 42.0. The van der Waals surface area contributed by atoms with Crippen molar-refractivity contribution >= 4 is 60.3 Å². The van der Waals surface area contributed by atoms with E-state index < -0.39 is 58.8 Å². The Morgan fingerprint density at radius 2 is 0.767 bits per heavy atom. The van der Waals surface area contributed by atoms with Crippen LogP contribution in [0.1, 0.15) is 132 Å². The smallest absolute Gasteiger partial charge is 0.407 e. The fraction of sp³-hybridized carbons (Fsp3) is 0.667. The quantitative estimate of drug-likeness (QED) is 0.0302. The molecule has 0 aromatic heterocycles. The highest BCUT2D eigenvalue weighted by atomic mass is 16.6. The van der Waals surface area contributed by atoms with Crippen molar-refractivity contribution in [1.29, 1.82) is 0 Å². The average Bonchev–Trinajstić information content (AvgIpc) is 2.71. The van der Waals surface area contributed by atoms with Gasteiger partial charge in [-0.1, -0.05) is 94.4 Å². The zero-order valence-electron chi connectivity index (χ0n) is 54.3. The fourth-order valence-electron chi connectivity index (χ4n) is 13.2. The minimum atomic E-state index is -1.38. The summed E-state index contributed by atoms with van der Waals surface area (Å²) in [6.07, 6.45) is 20.0. The molecule has 0 aromatic carbocycles. The predicted octanol–water partition coefficient (Wildman–Crippen LogP) is 7.83. The lowest BCUT2D eigenvalue weighted by atomic mass is 9.61. The maximum absolute atomic E-state index is 12.9. The second kappa shape index (κ2) is 40.3. The van der Waals surface area contributed by atoms with Crippen LogP contribution in [0, 0.1) is 56.2 Å². The molecule has 8 unspecified atom stereocenters. The number of hydrogen-bond donors (Lipinski definition) is 4. The number of rotatable bonds is 30. The number of carbonyl (C=O) groups excluding carboxylic acids is 12. The summed E-state index contributed by atoms with van der Waals surface area (Å²) in [5.41, 5.74) is -2.85. The normalized spacial score (nSPS) is 23.5. The summed E-state index contributed by atoms with van der Waals surface area (Å²) in [6, 6.07) is -0.283. The van der Waals surface area contributed by atoms with Gasteiger partial charge in [-0.3, -0.25) is 0 Å². The second-order valence-corrected chi connectivity index (χ2v) is 25.8. The van der Waals surface area contributed by atoms with E-state index in [0.29, 0.717) is 6.54 Å². The van der Waals surface area contributed by atoms with E-state index in [0.717, 1.165) is 88.1 Å². The van der Waals surface area contributed by atoms with E-state index in [-0.39, 0.29) is 105 Å². The first-order valence-corrected chi connectivity index (χ1v) is 30.5. The number of carbonyl (C=O) groups is 8. The Kier molecular flexibility index (Phi) is 36.0. The van der Waals surface area contributed by atoms with Gasteiger partial charge in [-0.25, -0.2) is 38.4 Å². The minimum absolute atomic E-state index is 0.0544. The van der Waals surface area contributed by atoms with Crippen LogP contribution in [0.3, 0.4) is 0 Å². The molecule has 0 saturated heterocycles. The van der Waals surface area contributed by atoms with E-state index in [1.807, 2.05) is 6.92 Å². The third-order valence-corrected chi connectivity index (χ3v) is 17.3. The molecule has 24 nitrogen and oxygen atoms in total. The molecule has 24 heteroatoms. The highest BCUT2D eigenvalue weighted by Crippen LogP contribution is 2.58. The molecule has 0 aromatic rings. The van der Waals surface area contributed by atoms with Gasteiger partial charge < -0.3 is 59.2 Å². The van der Waals surface area contributed by atoms with Crippen LogP contribution in [-0.2, 0) is 85.8 Å².